The number of alkyl halides is 3. The highest BCUT2D eigenvalue weighted by Gasteiger charge is 2.30. The van der Waals surface area contributed by atoms with Gasteiger partial charge in [-0.05, 0) is 42.0 Å². The van der Waals surface area contributed by atoms with Crippen LogP contribution in [-0.2, 0) is 22.2 Å². The monoisotopic (exact) mass is 393 g/mol. The molecule has 2 aromatic rings. The zero-order valence-corrected chi connectivity index (χ0v) is 14.8. The lowest BCUT2D eigenvalue weighted by molar-refractivity contribution is -0.137. The third-order valence-electron chi connectivity index (χ3n) is 3.84. The minimum Gasteiger partial charge on any atom is -0.368 e. The number of halogens is 3. The summed E-state index contributed by atoms with van der Waals surface area (Å²) >= 11 is 0. The molecule has 0 aliphatic rings. The fraction of sp³-hybridized carbons (Fsp3) is 0.211. The van der Waals surface area contributed by atoms with Gasteiger partial charge in [0.1, 0.15) is 6.04 Å². The van der Waals surface area contributed by atoms with Crippen molar-refractivity contribution in [2.24, 2.45) is 5.73 Å². The van der Waals surface area contributed by atoms with Gasteiger partial charge in [0.15, 0.2) is 0 Å². The van der Waals surface area contributed by atoms with E-state index >= 15 is 0 Å². The van der Waals surface area contributed by atoms with Crippen molar-refractivity contribution in [1.82, 2.24) is 5.32 Å². The van der Waals surface area contributed by atoms with E-state index in [1.54, 1.807) is 0 Å². The van der Waals surface area contributed by atoms with E-state index in [1.807, 2.05) is 0 Å². The van der Waals surface area contributed by atoms with E-state index in [2.05, 4.69) is 10.6 Å². The molecular weight excluding hydrogens is 375 g/mol. The molecule has 3 amide bonds. The van der Waals surface area contributed by atoms with E-state index in [-0.39, 0.29) is 17.9 Å². The van der Waals surface area contributed by atoms with Gasteiger partial charge < -0.3 is 16.4 Å². The summed E-state index contributed by atoms with van der Waals surface area (Å²) in [5.74, 6) is -1.66. The first kappa shape index (κ1) is 20.9. The maximum Gasteiger partial charge on any atom is 0.416 e. The van der Waals surface area contributed by atoms with Crippen LogP contribution in [0.4, 0.5) is 18.9 Å². The number of nitrogens with two attached hydrogens (primary N) is 1. The molecule has 9 heteroatoms. The van der Waals surface area contributed by atoms with Gasteiger partial charge in [-0.3, -0.25) is 14.4 Å². The predicted octanol–water partition coefficient (Wildman–Crippen LogP) is 2.49. The number of anilines is 1. The van der Waals surface area contributed by atoms with E-state index in [4.69, 9.17) is 5.73 Å². The Morgan fingerprint density at radius 1 is 1.00 bits per heavy atom. The molecule has 0 unspecified atom stereocenters. The first-order chi connectivity index (χ1) is 13.1. The predicted molar refractivity (Wildman–Crippen MR) is 96.3 cm³/mol. The van der Waals surface area contributed by atoms with Crippen LogP contribution < -0.4 is 16.4 Å². The molecule has 0 fully saturated rings. The number of rotatable bonds is 6. The van der Waals surface area contributed by atoms with Crippen molar-refractivity contribution in [3.05, 3.63) is 65.2 Å². The molecule has 2 aromatic carbocycles. The van der Waals surface area contributed by atoms with Crippen molar-refractivity contribution in [3.63, 3.8) is 0 Å². The quantitative estimate of drug-likeness (QED) is 0.703. The van der Waals surface area contributed by atoms with Gasteiger partial charge in [0, 0.05) is 24.6 Å². The Kier molecular flexibility index (Phi) is 6.40. The highest BCUT2D eigenvalue weighted by Crippen LogP contribution is 2.29. The molecule has 0 saturated carbocycles. The SMILES string of the molecule is CC(=O)Nc1ccc(C(=O)N[C@H](Cc2ccc(C(F)(F)F)cc2)C(N)=O)cc1. The zero-order chi connectivity index (χ0) is 20.9. The highest BCUT2D eigenvalue weighted by atomic mass is 19.4. The summed E-state index contributed by atoms with van der Waals surface area (Å²) in [6.07, 6.45) is -4.51. The lowest BCUT2D eigenvalue weighted by Crippen LogP contribution is -2.45. The van der Waals surface area contributed by atoms with Gasteiger partial charge in [-0.2, -0.15) is 13.2 Å². The lowest BCUT2D eigenvalue weighted by atomic mass is 10.0. The Morgan fingerprint density at radius 3 is 2.04 bits per heavy atom. The third-order valence-corrected chi connectivity index (χ3v) is 3.84. The molecule has 0 aliphatic heterocycles. The number of hydrogen-bond donors (Lipinski definition) is 3. The fourth-order valence-electron chi connectivity index (χ4n) is 2.44. The second kappa shape index (κ2) is 8.55. The maximum atomic E-state index is 12.6. The summed E-state index contributed by atoms with van der Waals surface area (Å²) in [5, 5.41) is 5.02. The van der Waals surface area contributed by atoms with Gasteiger partial charge in [0.25, 0.3) is 5.91 Å². The van der Waals surface area contributed by atoms with Crippen molar-refractivity contribution in [1.29, 1.82) is 0 Å². The van der Waals surface area contributed by atoms with Crippen LogP contribution in [0.3, 0.4) is 0 Å². The molecular formula is C19H18F3N3O3. The summed E-state index contributed by atoms with van der Waals surface area (Å²) in [4.78, 5) is 35.0. The van der Waals surface area contributed by atoms with Gasteiger partial charge in [-0.1, -0.05) is 12.1 Å². The first-order valence-corrected chi connectivity index (χ1v) is 8.20. The fourth-order valence-corrected chi connectivity index (χ4v) is 2.44. The number of nitrogens with one attached hydrogen (secondary N) is 2. The van der Waals surface area contributed by atoms with Crippen LogP contribution in [0.15, 0.2) is 48.5 Å². The minimum atomic E-state index is -4.46. The van der Waals surface area contributed by atoms with E-state index in [0.717, 1.165) is 12.1 Å². The van der Waals surface area contributed by atoms with Crippen LogP contribution in [-0.4, -0.2) is 23.8 Å². The van der Waals surface area contributed by atoms with Gasteiger partial charge >= 0.3 is 6.18 Å². The number of carbonyl (C=O) groups is 3. The molecule has 6 nitrogen and oxygen atoms in total. The van der Waals surface area contributed by atoms with Crippen LogP contribution in [0.25, 0.3) is 0 Å². The Morgan fingerprint density at radius 2 is 1.57 bits per heavy atom. The molecule has 28 heavy (non-hydrogen) atoms. The normalized spacial score (nSPS) is 12.1. The van der Waals surface area contributed by atoms with E-state index in [9.17, 15) is 27.6 Å². The van der Waals surface area contributed by atoms with Crippen LogP contribution in [0.2, 0.25) is 0 Å². The van der Waals surface area contributed by atoms with Gasteiger partial charge in [-0.25, -0.2) is 0 Å². The molecule has 2 rings (SSSR count). The van der Waals surface area contributed by atoms with Gasteiger partial charge in [-0.15, -0.1) is 0 Å². The van der Waals surface area contributed by atoms with E-state index in [0.29, 0.717) is 11.3 Å². The summed E-state index contributed by atoms with van der Waals surface area (Å²) in [5.41, 5.74) is 5.64. The van der Waals surface area contributed by atoms with Crippen LogP contribution in [0, 0.1) is 0 Å². The second-order valence-electron chi connectivity index (χ2n) is 6.09. The average Bonchev–Trinajstić information content (AvgIpc) is 2.60. The molecule has 0 heterocycles. The molecule has 148 valence electrons. The van der Waals surface area contributed by atoms with Gasteiger partial charge in [0.2, 0.25) is 11.8 Å². The summed E-state index contributed by atoms with van der Waals surface area (Å²) in [6.45, 7) is 1.35. The molecule has 0 radical (unpaired) electrons. The molecule has 0 aromatic heterocycles. The lowest BCUT2D eigenvalue weighted by Gasteiger charge is -2.16. The van der Waals surface area contributed by atoms with Crippen LogP contribution in [0.1, 0.15) is 28.4 Å². The van der Waals surface area contributed by atoms with Crippen LogP contribution in [0.5, 0.6) is 0 Å². The Hall–Kier alpha value is -3.36. The first-order valence-electron chi connectivity index (χ1n) is 8.20. The van der Waals surface area contributed by atoms with Crippen molar-refractivity contribution in [2.75, 3.05) is 5.32 Å². The Balaban J connectivity index is 2.07. The van der Waals surface area contributed by atoms with Crippen molar-refractivity contribution in [3.8, 4) is 0 Å². The number of primary amides is 1. The third kappa shape index (κ3) is 5.83. The molecule has 0 saturated heterocycles. The molecule has 0 aliphatic carbocycles. The van der Waals surface area contributed by atoms with E-state index in [1.165, 1.54) is 43.3 Å². The average molecular weight is 393 g/mol. The largest absolute Gasteiger partial charge is 0.416 e. The highest BCUT2D eigenvalue weighted by molar-refractivity contribution is 5.98. The number of hydrogen-bond acceptors (Lipinski definition) is 3. The van der Waals surface area contributed by atoms with E-state index < -0.39 is 29.6 Å². The smallest absolute Gasteiger partial charge is 0.368 e. The van der Waals surface area contributed by atoms with Crippen molar-refractivity contribution in [2.45, 2.75) is 25.6 Å². The maximum absolute atomic E-state index is 12.6. The number of carbonyl (C=O) groups excluding carboxylic acids is 3. The molecule has 0 bridgehead atoms. The van der Waals surface area contributed by atoms with Crippen molar-refractivity contribution >= 4 is 23.4 Å². The molecule has 4 N–H and O–H groups in total. The molecule has 1 atom stereocenters. The second-order valence-corrected chi connectivity index (χ2v) is 6.09. The Bertz CT molecular complexity index is 863. The zero-order valence-electron chi connectivity index (χ0n) is 14.8. The minimum absolute atomic E-state index is 0.0524. The van der Waals surface area contributed by atoms with Gasteiger partial charge in [0.05, 0.1) is 5.56 Å². The summed E-state index contributed by atoms with van der Waals surface area (Å²) < 4.78 is 37.8. The summed E-state index contributed by atoms with van der Waals surface area (Å²) in [7, 11) is 0. The summed E-state index contributed by atoms with van der Waals surface area (Å²) in [6, 6.07) is 9.11. The van der Waals surface area contributed by atoms with Crippen molar-refractivity contribution < 1.29 is 27.6 Å². The molecule has 0 spiro atoms. The number of benzene rings is 2. The van der Waals surface area contributed by atoms with Crippen LogP contribution >= 0.6 is 0 Å². The number of amides is 3. The Labute approximate surface area is 158 Å². The standard InChI is InChI=1S/C19H18F3N3O3/c1-11(26)24-15-8-4-13(5-9-15)18(28)25-16(17(23)27)10-12-2-6-14(7-3-12)19(20,21)22/h2-9,16H,10H2,1H3,(H2,23,27)(H,24,26)(H,25,28)/t16-/m1/s1. The topological polar surface area (TPSA) is 101 Å².